The number of carbonyl (C=O) groups is 1. The molecule has 21 heavy (non-hydrogen) atoms. The Morgan fingerprint density at radius 2 is 1.86 bits per heavy atom. The van der Waals surface area contributed by atoms with Crippen LogP contribution in [-0.4, -0.2) is 21.9 Å². The van der Waals surface area contributed by atoms with Crippen LogP contribution >= 0.6 is 24.8 Å². The minimum absolute atomic E-state index is 0. The van der Waals surface area contributed by atoms with Crippen molar-refractivity contribution >= 4 is 36.4 Å². The van der Waals surface area contributed by atoms with Gasteiger partial charge in [0.05, 0.1) is 5.92 Å². The fourth-order valence-corrected chi connectivity index (χ4v) is 1.63. The molecule has 0 saturated carbocycles. The van der Waals surface area contributed by atoms with E-state index >= 15 is 0 Å². The lowest BCUT2D eigenvalue weighted by Gasteiger charge is -2.15. The van der Waals surface area contributed by atoms with Gasteiger partial charge in [0, 0.05) is 29.7 Å². The minimum atomic E-state index is -0.218. The molecule has 116 valence electrons. The topological polar surface area (TPSA) is 83.8 Å². The van der Waals surface area contributed by atoms with E-state index in [1.807, 2.05) is 38.1 Å². The molecular formula is C14H20Cl2N4O. The van der Waals surface area contributed by atoms with Gasteiger partial charge < -0.3 is 16.0 Å². The molecule has 1 aromatic carbocycles. The van der Waals surface area contributed by atoms with E-state index in [2.05, 4.69) is 15.3 Å². The van der Waals surface area contributed by atoms with Crippen LogP contribution in [0, 0.1) is 5.92 Å². The number of rotatable bonds is 4. The van der Waals surface area contributed by atoms with Gasteiger partial charge in [0.1, 0.15) is 5.82 Å². The number of nitrogens with two attached hydrogens (primary N) is 1. The monoisotopic (exact) mass is 330 g/mol. The number of anilines is 1. The van der Waals surface area contributed by atoms with E-state index in [9.17, 15) is 4.79 Å². The predicted octanol–water partition coefficient (Wildman–Crippen LogP) is 2.84. The van der Waals surface area contributed by atoms with E-state index in [1.54, 1.807) is 12.4 Å². The summed E-state index contributed by atoms with van der Waals surface area (Å²) in [5.41, 5.74) is 7.44. The normalized spacial score (nSPS) is 12.5. The number of hydrogen-bond acceptors (Lipinski definition) is 3. The summed E-state index contributed by atoms with van der Waals surface area (Å²) in [6.45, 7) is 3.64. The molecule has 5 nitrogen and oxygen atoms in total. The van der Waals surface area contributed by atoms with Crippen LogP contribution in [0.1, 0.15) is 13.8 Å². The lowest BCUT2D eigenvalue weighted by Crippen LogP contribution is -2.34. The smallest absolute Gasteiger partial charge is 0.228 e. The van der Waals surface area contributed by atoms with Gasteiger partial charge in [-0.1, -0.05) is 6.92 Å². The average Bonchev–Trinajstić information content (AvgIpc) is 2.92. The molecule has 0 aliphatic rings. The zero-order valence-corrected chi connectivity index (χ0v) is 13.5. The van der Waals surface area contributed by atoms with Crippen molar-refractivity contribution in [1.29, 1.82) is 0 Å². The third-order valence-electron chi connectivity index (χ3n) is 3.13. The van der Waals surface area contributed by atoms with Gasteiger partial charge in [0.25, 0.3) is 0 Å². The molecule has 4 N–H and O–H groups in total. The predicted molar refractivity (Wildman–Crippen MR) is 90.0 cm³/mol. The summed E-state index contributed by atoms with van der Waals surface area (Å²) in [5.74, 6) is 0.521. The molecule has 1 aromatic heterocycles. The number of nitrogens with one attached hydrogen (secondary N) is 2. The minimum Gasteiger partial charge on any atom is -0.345 e. The number of amides is 1. The second kappa shape index (κ2) is 8.67. The Balaban J connectivity index is 0.00000200. The van der Waals surface area contributed by atoms with Crippen molar-refractivity contribution < 1.29 is 4.79 Å². The van der Waals surface area contributed by atoms with Gasteiger partial charge >= 0.3 is 0 Å². The van der Waals surface area contributed by atoms with Gasteiger partial charge in [-0.2, -0.15) is 0 Å². The van der Waals surface area contributed by atoms with E-state index < -0.39 is 0 Å². The molecule has 0 saturated heterocycles. The quantitative estimate of drug-likeness (QED) is 0.805. The highest BCUT2D eigenvalue weighted by molar-refractivity contribution is 5.92. The number of aromatic amines is 1. The Morgan fingerprint density at radius 1 is 1.24 bits per heavy atom. The first-order valence-corrected chi connectivity index (χ1v) is 6.24. The van der Waals surface area contributed by atoms with Crippen molar-refractivity contribution in [3.05, 3.63) is 36.7 Å². The number of benzene rings is 1. The maximum absolute atomic E-state index is 11.9. The third kappa shape index (κ3) is 5.04. The SMILES string of the molecule is CC(N)C(C)C(=O)Nc1ccc(-c2ncc[nH]2)cc1.Cl.Cl. The number of aromatic nitrogens is 2. The van der Waals surface area contributed by atoms with Gasteiger partial charge in [0.15, 0.2) is 0 Å². The lowest BCUT2D eigenvalue weighted by atomic mass is 10.0. The largest absolute Gasteiger partial charge is 0.345 e. The molecule has 2 unspecified atom stereocenters. The van der Waals surface area contributed by atoms with Crippen LogP contribution in [0.5, 0.6) is 0 Å². The standard InChI is InChI=1S/C14H18N4O.2ClH/c1-9(10(2)15)14(19)18-12-5-3-11(4-6-12)13-16-7-8-17-13;;/h3-10H,15H2,1-2H3,(H,16,17)(H,18,19);2*1H. The number of H-pyrrole nitrogens is 1. The Hall–Kier alpha value is -1.56. The molecule has 1 amide bonds. The molecule has 0 spiro atoms. The molecule has 0 fully saturated rings. The zero-order chi connectivity index (χ0) is 13.8. The number of halogens is 2. The van der Waals surface area contributed by atoms with Crippen LogP contribution < -0.4 is 11.1 Å². The molecule has 0 bridgehead atoms. The van der Waals surface area contributed by atoms with Crippen molar-refractivity contribution in [3.63, 3.8) is 0 Å². The van der Waals surface area contributed by atoms with Gasteiger partial charge in [-0.15, -0.1) is 24.8 Å². The first-order chi connectivity index (χ1) is 9.08. The Labute approximate surface area is 136 Å². The molecule has 0 radical (unpaired) electrons. The number of imidazole rings is 1. The Kier molecular flexibility index (Phi) is 8.02. The second-order valence-electron chi connectivity index (χ2n) is 4.65. The van der Waals surface area contributed by atoms with Crippen molar-refractivity contribution in [2.24, 2.45) is 11.7 Å². The summed E-state index contributed by atoms with van der Waals surface area (Å²) in [5, 5.41) is 2.85. The van der Waals surface area contributed by atoms with Crippen molar-refractivity contribution in [1.82, 2.24) is 9.97 Å². The van der Waals surface area contributed by atoms with Crippen LogP contribution in [0.25, 0.3) is 11.4 Å². The molecule has 7 heteroatoms. The van der Waals surface area contributed by atoms with E-state index in [0.717, 1.165) is 17.1 Å². The van der Waals surface area contributed by atoms with Gasteiger partial charge in [0.2, 0.25) is 5.91 Å². The molecule has 2 aromatic rings. The van der Waals surface area contributed by atoms with Gasteiger partial charge in [-0.05, 0) is 31.2 Å². The van der Waals surface area contributed by atoms with Crippen LogP contribution in [0.15, 0.2) is 36.7 Å². The number of nitrogens with zero attached hydrogens (tertiary/aromatic N) is 1. The van der Waals surface area contributed by atoms with Crippen molar-refractivity contribution in [2.75, 3.05) is 5.32 Å². The summed E-state index contributed by atoms with van der Waals surface area (Å²) >= 11 is 0. The zero-order valence-electron chi connectivity index (χ0n) is 11.9. The maximum atomic E-state index is 11.9. The molecule has 0 aliphatic heterocycles. The van der Waals surface area contributed by atoms with E-state index in [1.165, 1.54) is 0 Å². The van der Waals surface area contributed by atoms with E-state index in [-0.39, 0.29) is 42.7 Å². The van der Waals surface area contributed by atoms with Crippen LogP contribution in [-0.2, 0) is 4.79 Å². The molecular weight excluding hydrogens is 311 g/mol. The average molecular weight is 331 g/mol. The van der Waals surface area contributed by atoms with Gasteiger partial charge in [-0.3, -0.25) is 4.79 Å². The van der Waals surface area contributed by atoms with E-state index in [0.29, 0.717) is 0 Å². The van der Waals surface area contributed by atoms with E-state index in [4.69, 9.17) is 5.73 Å². The summed E-state index contributed by atoms with van der Waals surface area (Å²) in [6, 6.07) is 7.35. The first kappa shape index (κ1) is 19.4. The Bertz CT molecular complexity index is 541. The highest BCUT2D eigenvalue weighted by Gasteiger charge is 2.16. The van der Waals surface area contributed by atoms with Crippen LogP contribution in [0.3, 0.4) is 0 Å². The summed E-state index contributed by atoms with van der Waals surface area (Å²) in [6.07, 6.45) is 3.48. The van der Waals surface area contributed by atoms with Crippen molar-refractivity contribution in [2.45, 2.75) is 19.9 Å². The number of carbonyl (C=O) groups excluding carboxylic acids is 1. The first-order valence-electron chi connectivity index (χ1n) is 6.24. The fraction of sp³-hybridized carbons (Fsp3) is 0.286. The fourth-order valence-electron chi connectivity index (χ4n) is 1.63. The summed E-state index contributed by atoms with van der Waals surface area (Å²) in [4.78, 5) is 19.1. The summed E-state index contributed by atoms with van der Waals surface area (Å²) in [7, 11) is 0. The molecule has 2 rings (SSSR count). The molecule has 1 heterocycles. The maximum Gasteiger partial charge on any atom is 0.228 e. The van der Waals surface area contributed by atoms with Crippen LogP contribution in [0.4, 0.5) is 5.69 Å². The third-order valence-corrected chi connectivity index (χ3v) is 3.13. The molecule has 2 atom stereocenters. The highest BCUT2D eigenvalue weighted by Crippen LogP contribution is 2.18. The number of hydrogen-bond donors (Lipinski definition) is 3. The second-order valence-corrected chi connectivity index (χ2v) is 4.65. The highest BCUT2D eigenvalue weighted by atomic mass is 35.5. The summed E-state index contributed by atoms with van der Waals surface area (Å²) < 4.78 is 0. The van der Waals surface area contributed by atoms with Crippen molar-refractivity contribution in [3.8, 4) is 11.4 Å². The van der Waals surface area contributed by atoms with Crippen LogP contribution in [0.2, 0.25) is 0 Å². The molecule has 0 aliphatic carbocycles. The van der Waals surface area contributed by atoms with Gasteiger partial charge in [-0.25, -0.2) is 4.98 Å². The Morgan fingerprint density at radius 3 is 2.33 bits per heavy atom. The lowest BCUT2D eigenvalue weighted by molar-refractivity contribution is -0.119.